The topological polar surface area (TPSA) is 94.2 Å². The number of benzene rings is 1. The Bertz CT molecular complexity index is 1080. The largest absolute Gasteiger partial charge is 0.482 e. The molecule has 0 bridgehead atoms. The van der Waals surface area contributed by atoms with E-state index in [0.717, 1.165) is 16.8 Å². The molecule has 1 aliphatic rings. The molecule has 158 valence electrons. The van der Waals surface area contributed by atoms with Gasteiger partial charge in [-0.15, -0.1) is 0 Å². The molecule has 4 rings (SSSR count). The van der Waals surface area contributed by atoms with Crippen LogP contribution in [0.1, 0.15) is 41.1 Å². The maximum Gasteiger partial charge on any atom is 0.344 e. The summed E-state index contributed by atoms with van der Waals surface area (Å²) in [6, 6.07) is 13.8. The summed E-state index contributed by atoms with van der Waals surface area (Å²) in [5, 5.41) is 5.99. The standard InChI is InChI=1S/C23H21N3O5/c1-2-29-22(27)15-31-20-9-4-3-8-17(20)19-13-18(16-7-5-11-24-14-16)25-26(19)23(28)21-10-6-12-30-21/h3-12,14,19H,2,13,15H2,1H3. The zero-order valence-electron chi connectivity index (χ0n) is 16.9. The van der Waals surface area contributed by atoms with E-state index >= 15 is 0 Å². The summed E-state index contributed by atoms with van der Waals surface area (Å²) in [5.41, 5.74) is 2.28. The van der Waals surface area contributed by atoms with Crippen LogP contribution in [0.5, 0.6) is 5.75 Å². The SMILES string of the molecule is CCOC(=O)COc1ccccc1C1CC(c2cccnc2)=NN1C(=O)c1ccco1. The fourth-order valence-corrected chi connectivity index (χ4v) is 3.39. The summed E-state index contributed by atoms with van der Waals surface area (Å²) >= 11 is 0. The molecule has 8 heteroatoms. The number of amides is 1. The Morgan fingerprint density at radius 3 is 2.77 bits per heavy atom. The van der Waals surface area contributed by atoms with Gasteiger partial charge in [0, 0.05) is 29.9 Å². The van der Waals surface area contributed by atoms with Crippen LogP contribution < -0.4 is 4.74 Å². The van der Waals surface area contributed by atoms with E-state index in [4.69, 9.17) is 13.9 Å². The summed E-state index contributed by atoms with van der Waals surface area (Å²) in [6.45, 7) is 1.79. The van der Waals surface area contributed by atoms with Crippen molar-refractivity contribution in [3.63, 3.8) is 0 Å². The number of rotatable bonds is 7. The van der Waals surface area contributed by atoms with E-state index in [9.17, 15) is 9.59 Å². The highest BCUT2D eigenvalue weighted by Gasteiger charge is 2.36. The van der Waals surface area contributed by atoms with Crippen molar-refractivity contribution in [2.45, 2.75) is 19.4 Å². The number of aromatic nitrogens is 1. The van der Waals surface area contributed by atoms with Gasteiger partial charge in [0.25, 0.3) is 0 Å². The molecule has 0 fully saturated rings. The van der Waals surface area contributed by atoms with Crippen LogP contribution in [0.4, 0.5) is 0 Å². The monoisotopic (exact) mass is 419 g/mol. The van der Waals surface area contributed by atoms with Gasteiger partial charge in [-0.3, -0.25) is 9.78 Å². The van der Waals surface area contributed by atoms with E-state index in [2.05, 4.69) is 10.1 Å². The van der Waals surface area contributed by atoms with Crippen molar-refractivity contribution in [3.8, 4) is 5.75 Å². The third kappa shape index (κ3) is 4.48. The van der Waals surface area contributed by atoms with E-state index < -0.39 is 12.0 Å². The van der Waals surface area contributed by atoms with E-state index in [1.54, 1.807) is 43.6 Å². The molecule has 2 aromatic heterocycles. The summed E-state index contributed by atoms with van der Waals surface area (Å²) in [7, 11) is 0. The molecule has 3 aromatic rings. The summed E-state index contributed by atoms with van der Waals surface area (Å²) < 4.78 is 16.0. The second-order valence-electron chi connectivity index (χ2n) is 6.77. The Balaban J connectivity index is 1.66. The second kappa shape index (κ2) is 9.25. The summed E-state index contributed by atoms with van der Waals surface area (Å²) in [6.07, 6.45) is 5.29. The van der Waals surface area contributed by atoms with Crippen molar-refractivity contribution in [2.24, 2.45) is 5.10 Å². The third-order valence-electron chi connectivity index (χ3n) is 4.77. The van der Waals surface area contributed by atoms with Crippen LogP contribution in [0.2, 0.25) is 0 Å². The first-order valence-corrected chi connectivity index (χ1v) is 9.89. The highest BCUT2D eigenvalue weighted by molar-refractivity contribution is 6.04. The lowest BCUT2D eigenvalue weighted by molar-refractivity contribution is -0.145. The molecule has 1 unspecified atom stereocenters. The lowest BCUT2D eigenvalue weighted by atomic mass is 9.98. The normalized spacial score (nSPS) is 15.5. The molecule has 1 aliphatic heterocycles. The van der Waals surface area contributed by atoms with Gasteiger partial charge in [-0.25, -0.2) is 9.80 Å². The number of hydrogen-bond donors (Lipinski definition) is 0. The van der Waals surface area contributed by atoms with E-state index in [1.807, 2.05) is 24.3 Å². The number of furan rings is 1. The summed E-state index contributed by atoms with van der Waals surface area (Å²) in [4.78, 5) is 29.0. The lowest BCUT2D eigenvalue weighted by Crippen LogP contribution is -2.27. The first-order chi connectivity index (χ1) is 15.2. The second-order valence-corrected chi connectivity index (χ2v) is 6.77. The van der Waals surface area contributed by atoms with E-state index in [-0.39, 0.29) is 24.9 Å². The smallest absolute Gasteiger partial charge is 0.344 e. The summed E-state index contributed by atoms with van der Waals surface area (Å²) in [5.74, 6) is -0.153. The molecule has 8 nitrogen and oxygen atoms in total. The number of ether oxygens (including phenoxy) is 2. The van der Waals surface area contributed by atoms with Crippen LogP contribution in [0, 0.1) is 0 Å². The van der Waals surface area contributed by atoms with Gasteiger partial charge in [0.1, 0.15) is 5.75 Å². The average molecular weight is 419 g/mol. The van der Waals surface area contributed by atoms with Crippen molar-refractivity contribution in [1.29, 1.82) is 0 Å². The Hall–Kier alpha value is -3.94. The minimum absolute atomic E-state index is 0.186. The predicted molar refractivity (Wildman–Crippen MR) is 112 cm³/mol. The Labute approximate surface area is 179 Å². The van der Waals surface area contributed by atoms with Crippen LogP contribution in [0.3, 0.4) is 0 Å². The molecule has 0 aliphatic carbocycles. The lowest BCUT2D eigenvalue weighted by Gasteiger charge is -2.23. The number of hydrazone groups is 1. The van der Waals surface area contributed by atoms with Crippen LogP contribution >= 0.6 is 0 Å². The molecule has 0 spiro atoms. The number of para-hydroxylation sites is 1. The van der Waals surface area contributed by atoms with Crippen LogP contribution in [0.15, 0.2) is 76.7 Å². The minimum atomic E-state index is -0.459. The molecule has 0 N–H and O–H groups in total. The number of pyridine rings is 1. The van der Waals surface area contributed by atoms with Crippen LogP contribution in [-0.4, -0.2) is 40.8 Å². The van der Waals surface area contributed by atoms with Gasteiger partial charge in [0.2, 0.25) is 0 Å². The third-order valence-corrected chi connectivity index (χ3v) is 4.77. The molecule has 0 saturated heterocycles. The molecule has 31 heavy (non-hydrogen) atoms. The van der Waals surface area contributed by atoms with Crippen molar-refractivity contribution in [2.75, 3.05) is 13.2 Å². The van der Waals surface area contributed by atoms with Gasteiger partial charge in [-0.2, -0.15) is 5.10 Å². The molecule has 3 heterocycles. The van der Waals surface area contributed by atoms with E-state index in [1.165, 1.54) is 11.3 Å². The minimum Gasteiger partial charge on any atom is -0.482 e. The number of carbonyl (C=O) groups excluding carboxylic acids is 2. The molecule has 0 saturated carbocycles. The molecule has 1 amide bonds. The van der Waals surface area contributed by atoms with Gasteiger partial charge < -0.3 is 13.9 Å². The highest BCUT2D eigenvalue weighted by atomic mass is 16.6. The fraction of sp³-hybridized carbons (Fsp3) is 0.217. The maximum absolute atomic E-state index is 13.1. The zero-order chi connectivity index (χ0) is 21.6. The number of carbonyl (C=O) groups is 2. The van der Waals surface area contributed by atoms with Gasteiger partial charge >= 0.3 is 11.9 Å². The number of nitrogens with zero attached hydrogens (tertiary/aromatic N) is 3. The van der Waals surface area contributed by atoms with Gasteiger partial charge in [-0.05, 0) is 31.2 Å². The number of esters is 1. The van der Waals surface area contributed by atoms with Crippen molar-refractivity contribution in [1.82, 2.24) is 9.99 Å². The average Bonchev–Trinajstić information content (AvgIpc) is 3.49. The maximum atomic E-state index is 13.1. The first-order valence-electron chi connectivity index (χ1n) is 9.89. The zero-order valence-corrected chi connectivity index (χ0v) is 16.9. The van der Waals surface area contributed by atoms with Gasteiger partial charge in [0.05, 0.1) is 24.6 Å². The molecular weight excluding hydrogens is 398 g/mol. The Morgan fingerprint density at radius 2 is 2.03 bits per heavy atom. The van der Waals surface area contributed by atoms with Crippen LogP contribution in [0.25, 0.3) is 0 Å². The number of hydrogen-bond acceptors (Lipinski definition) is 7. The quantitative estimate of drug-likeness (QED) is 0.543. The molecule has 1 aromatic carbocycles. The highest BCUT2D eigenvalue weighted by Crippen LogP contribution is 2.38. The van der Waals surface area contributed by atoms with E-state index in [0.29, 0.717) is 12.2 Å². The molecular formula is C23H21N3O5. The Morgan fingerprint density at radius 1 is 1.16 bits per heavy atom. The van der Waals surface area contributed by atoms with Crippen molar-refractivity contribution < 1.29 is 23.5 Å². The predicted octanol–water partition coefficient (Wildman–Crippen LogP) is 3.61. The van der Waals surface area contributed by atoms with Crippen LogP contribution in [-0.2, 0) is 9.53 Å². The van der Waals surface area contributed by atoms with Crippen molar-refractivity contribution in [3.05, 3.63) is 84.1 Å². The van der Waals surface area contributed by atoms with Gasteiger partial charge in [-0.1, -0.05) is 24.3 Å². The molecule has 0 radical (unpaired) electrons. The first kappa shape index (κ1) is 20.3. The van der Waals surface area contributed by atoms with Gasteiger partial charge in [0.15, 0.2) is 12.4 Å². The molecule has 1 atom stereocenters. The van der Waals surface area contributed by atoms with Crippen molar-refractivity contribution >= 4 is 17.6 Å². The fourth-order valence-electron chi connectivity index (χ4n) is 3.39. The Kier molecular flexibility index (Phi) is 6.07.